The summed E-state index contributed by atoms with van der Waals surface area (Å²) in [6, 6.07) is 12.7. The normalized spacial score (nSPS) is 28.6. The first kappa shape index (κ1) is 21.6. The van der Waals surface area contributed by atoms with Crippen molar-refractivity contribution in [3.63, 3.8) is 0 Å². The smallest absolute Gasteiger partial charge is 0.288 e. The zero-order valence-electron chi connectivity index (χ0n) is 16.8. The Labute approximate surface area is 178 Å². The Morgan fingerprint density at radius 1 is 1.10 bits per heavy atom. The van der Waals surface area contributed by atoms with E-state index in [1.54, 1.807) is 19.2 Å². The van der Waals surface area contributed by atoms with E-state index < -0.39 is 37.0 Å². The second kappa shape index (κ2) is 8.46. The zero-order valence-corrected chi connectivity index (χ0v) is 16.8. The number of nitrogens with one attached hydrogen (secondary N) is 1. The van der Waals surface area contributed by atoms with Crippen LogP contribution < -0.4 is 9.47 Å². The lowest BCUT2D eigenvalue weighted by Crippen LogP contribution is -2.69. The van der Waals surface area contributed by atoms with Gasteiger partial charge in [-0.25, -0.2) is 0 Å². The molecule has 4 rings (SSSR count). The maximum absolute atomic E-state index is 10.9. The Kier molecular flexibility index (Phi) is 5.89. The van der Waals surface area contributed by atoms with Gasteiger partial charge in [0.2, 0.25) is 6.29 Å². The van der Waals surface area contributed by atoms with E-state index in [0.29, 0.717) is 11.8 Å². The fourth-order valence-electron chi connectivity index (χ4n) is 3.78. The van der Waals surface area contributed by atoms with Gasteiger partial charge in [-0.2, -0.15) is 0 Å². The van der Waals surface area contributed by atoms with Crippen LogP contribution in [0.2, 0.25) is 0 Å². The lowest BCUT2D eigenvalue weighted by atomic mass is 9.95. The fourth-order valence-corrected chi connectivity index (χ4v) is 3.78. The van der Waals surface area contributed by atoms with Crippen LogP contribution in [0.15, 0.2) is 48.7 Å². The van der Waals surface area contributed by atoms with Crippen molar-refractivity contribution in [3.8, 4) is 11.5 Å². The minimum atomic E-state index is -2.64. The second-order valence-electron chi connectivity index (χ2n) is 7.52. The van der Waals surface area contributed by atoms with Crippen molar-refractivity contribution in [2.75, 3.05) is 13.7 Å². The molecule has 0 spiro atoms. The van der Waals surface area contributed by atoms with Crippen LogP contribution in [0.5, 0.6) is 11.5 Å². The fraction of sp³-hybridized carbons (Fsp3) is 0.364. The summed E-state index contributed by atoms with van der Waals surface area (Å²) in [5.41, 5.74) is 2.59. The highest BCUT2D eigenvalue weighted by atomic mass is 16.7. The molecule has 2 aromatic carbocycles. The summed E-state index contributed by atoms with van der Waals surface area (Å²) in [6.07, 6.45) is -4.49. The van der Waals surface area contributed by atoms with Gasteiger partial charge in [0.15, 0.2) is 6.10 Å². The maximum atomic E-state index is 10.9. The van der Waals surface area contributed by atoms with Gasteiger partial charge in [0.1, 0.15) is 23.7 Å². The average molecular weight is 431 g/mol. The van der Waals surface area contributed by atoms with E-state index in [-0.39, 0.29) is 5.75 Å². The molecule has 1 aromatic heterocycles. The monoisotopic (exact) mass is 431 g/mol. The summed E-state index contributed by atoms with van der Waals surface area (Å²) in [4.78, 5) is 3.14. The van der Waals surface area contributed by atoms with Gasteiger partial charge in [-0.3, -0.25) is 0 Å². The Morgan fingerprint density at radius 2 is 1.84 bits per heavy atom. The van der Waals surface area contributed by atoms with Gasteiger partial charge in [-0.05, 0) is 41.8 Å². The van der Waals surface area contributed by atoms with Crippen LogP contribution in [0, 0.1) is 0 Å². The molecule has 2 heterocycles. The lowest BCUT2D eigenvalue weighted by molar-refractivity contribution is -0.385. The van der Waals surface area contributed by atoms with Gasteiger partial charge >= 0.3 is 0 Å². The number of aromatic nitrogens is 1. The van der Waals surface area contributed by atoms with E-state index in [2.05, 4.69) is 4.98 Å². The summed E-state index contributed by atoms with van der Waals surface area (Å²) in [7, 11) is 1.60. The SMILES string of the molecule is COc1ccc(Cc2c[nH]c3cccc(O[C@]4(O)C(O)O[C@H](CO)[C@@H](O)[C@@H]4O)c23)cc1. The summed E-state index contributed by atoms with van der Waals surface area (Å²) in [5.74, 6) is -1.72. The van der Waals surface area contributed by atoms with E-state index >= 15 is 0 Å². The van der Waals surface area contributed by atoms with Crippen LogP contribution in [-0.2, 0) is 11.2 Å². The molecular weight excluding hydrogens is 406 g/mol. The first-order chi connectivity index (χ1) is 14.9. The molecule has 1 fully saturated rings. The molecule has 3 aromatic rings. The van der Waals surface area contributed by atoms with Crippen molar-refractivity contribution in [1.29, 1.82) is 0 Å². The van der Waals surface area contributed by atoms with Crippen molar-refractivity contribution in [1.82, 2.24) is 4.98 Å². The van der Waals surface area contributed by atoms with Crippen molar-refractivity contribution in [2.24, 2.45) is 0 Å². The number of ether oxygens (including phenoxy) is 3. The van der Waals surface area contributed by atoms with E-state index in [1.165, 1.54) is 0 Å². The summed E-state index contributed by atoms with van der Waals surface area (Å²) >= 11 is 0. The standard InChI is InChI=1S/C22H25NO8/c1-29-14-7-5-12(6-8-14)9-13-10-23-15-3-2-4-16(18(13)15)31-22(28)20(26)19(25)17(11-24)30-21(22)27/h2-8,10,17,19-21,23-28H,9,11H2,1H3/t17-,19-,20+,21?,22+/m1/s1. The molecule has 0 amide bonds. The van der Waals surface area contributed by atoms with E-state index in [9.17, 15) is 25.5 Å². The van der Waals surface area contributed by atoms with Gasteiger partial charge in [-0.15, -0.1) is 0 Å². The van der Waals surface area contributed by atoms with Crippen LogP contribution in [0.4, 0.5) is 0 Å². The Balaban J connectivity index is 1.67. The number of methoxy groups -OCH3 is 1. The predicted octanol–water partition coefficient (Wildman–Crippen LogP) is 0.266. The van der Waals surface area contributed by atoms with Gasteiger partial charge in [-0.1, -0.05) is 18.2 Å². The van der Waals surface area contributed by atoms with Crippen LogP contribution in [0.1, 0.15) is 11.1 Å². The van der Waals surface area contributed by atoms with Crippen LogP contribution >= 0.6 is 0 Å². The molecule has 31 heavy (non-hydrogen) atoms. The quantitative estimate of drug-likeness (QED) is 0.305. The molecule has 0 saturated carbocycles. The minimum absolute atomic E-state index is 0.182. The molecule has 1 aliphatic rings. The van der Waals surface area contributed by atoms with Crippen molar-refractivity contribution in [2.45, 2.75) is 36.8 Å². The molecule has 1 aliphatic heterocycles. The van der Waals surface area contributed by atoms with Crippen molar-refractivity contribution >= 4 is 10.9 Å². The van der Waals surface area contributed by atoms with E-state index in [1.807, 2.05) is 36.5 Å². The Morgan fingerprint density at radius 3 is 2.52 bits per heavy atom. The number of aliphatic hydroxyl groups excluding tert-OH is 4. The molecular formula is C22H25NO8. The number of fused-ring (bicyclic) bond motifs is 1. The largest absolute Gasteiger partial charge is 0.497 e. The molecule has 6 N–H and O–H groups in total. The number of hydrogen-bond acceptors (Lipinski definition) is 8. The zero-order chi connectivity index (χ0) is 22.2. The van der Waals surface area contributed by atoms with Crippen LogP contribution in [-0.4, -0.2) is 74.6 Å². The third-order valence-corrected chi connectivity index (χ3v) is 5.54. The second-order valence-corrected chi connectivity index (χ2v) is 7.52. The molecule has 0 radical (unpaired) electrons. The highest BCUT2D eigenvalue weighted by molar-refractivity contribution is 5.89. The van der Waals surface area contributed by atoms with Crippen LogP contribution in [0.3, 0.4) is 0 Å². The average Bonchev–Trinajstić information content (AvgIpc) is 3.19. The highest BCUT2D eigenvalue weighted by Crippen LogP contribution is 2.36. The summed E-state index contributed by atoms with van der Waals surface area (Å²) in [5, 5.41) is 51.5. The first-order valence-electron chi connectivity index (χ1n) is 9.81. The number of aromatic amines is 1. The molecule has 1 saturated heterocycles. The Bertz CT molecular complexity index is 1040. The Hall–Kier alpha value is -2.66. The van der Waals surface area contributed by atoms with Crippen molar-refractivity contribution < 1.29 is 39.7 Å². The van der Waals surface area contributed by atoms with Gasteiger partial charge in [0.05, 0.1) is 13.7 Å². The first-order valence-corrected chi connectivity index (χ1v) is 9.81. The lowest BCUT2D eigenvalue weighted by Gasteiger charge is -2.45. The summed E-state index contributed by atoms with van der Waals surface area (Å²) < 4.78 is 15.9. The topological polar surface area (TPSA) is 145 Å². The third kappa shape index (κ3) is 3.87. The number of hydrogen-bond donors (Lipinski definition) is 6. The number of benzene rings is 2. The van der Waals surface area contributed by atoms with E-state index in [0.717, 1.165) is 22.4 Å². The van der Waals surface area contributed by atoms with Crippen LogP contribution in [0.25, 0.3) is 10.9 Å². The van der Waals surface area contributed by atoms with Gasteiger partial charge in [0.25, 0.3) is 5.79 Å². The molecule has 166 valence electrons. The van der Waals surface area contributed by atoms with Gasteiger partial charge in [0, 0.05) is 17.1 Å². The molecule has 9 heteroatoms. The number of rotatable bonds is 6. The van der Waals surface area contributed by atoms with Gasteiger partial charge < -0.3 is 44.7 Å². The molecule has 1 unspecified atom stereocenters. The third-order valence-electron chi connectivity index (χ3n) is 5.54. The molecule has 5 atom stereocenters. The molecule has 9 nitrogen and oxygen atoms in total. The van der Waals surface area contributed by atoms with E-state index in [4.69, 9.17) is 14.2 Å². The highest BCUT2D eigenvalue weighted by Gasteiger charge is 2.57. The molecule has 0 bridgehead atoms. The summed E-state index contributed by atoms with van der Waals surface area (Å²) in [6.45, 7) is -0.648. The minimum Gasteiger partial charge on any atom is -0.497 e. The predicted molar refractivity (Wildman–Crippen MR) is 110 cm³/mol. The van der Waals surface area contributed by atoms with Crippen molar-refractivity contribution in [3.05, 3.63) is 59.8 Å². The maximum Gasteiger partial charge on any atom is 0.288 e. The molecule has 0 aliphatic carbocycles. The number of aliphatic hydroxyl groups is 5. The number of H-pyrrole nitrogens is 1.